The topological polar surface area (TPSA) is 29.0 Å². The number of fused-ring (bicyclic) bond motifs is 2. The normalized spacial score (nSPS) is 30.5. The molecule has 6 heteroatoms. The maximum atomic E-state index is 13.6. The van der Waals surface area contributed by atoms with Crippen LogP contribution in [0.4, 0.5) is 13.9 Å². The lowest BCUT2D eigenvalue weighted by Gasteiger charge is -2.48. The van der Waals surface area contributed by atoms with Gasteiger partial charge in [0.05, 0.1) is 0 Å². The molecule has 18 heavy (non-hydrogen) atoms. The van der Waals surface area contributed by atoms with Gasteiger partial charge in [-0.2, -0.15) is 4.37 Å². The van der Waals surface area contributed by atoms with E-state index in [1.54, 1.807) is 0 Å². The molecule has 3 rings (SSSR count). The van der Waals surface area contributed by atoms with Crippen LogP contribution < -0.4 is 4.90 Å². The van der Waals surface area contributed by atoms with Gasteiger partial charge in [-0.15, -0.1) is 0 Å². The summed E-state index contributed by atoms with van der Waals surface area (Å²) in [7, 11) is 0. The first kappa shape index (κ1) is 12.3. The molecular formula is C12H17F2N3S. The summed E-state index contributed by atoms with van der Waals surface area (Å²) in [4.78, 5) is 6.59. The average Bonchev–Trinajstić information content (AvgIpc) is 2.75. The van der Waals surface area contributed by atoms with Gasteiger partial charge in [0.25, 0.3) is 5.92 Å². The van der Waals surface area contributed by atoms with Gasteiger partial charge in [0.15, 0.2) is 0 Å². The lowest BCUT2D eigenvalue weighted by Crippen LogP contribution is -2.55. The lowest BCUT2D eigenvalue weighted by molar-refractivity contribution is -0.0541. The summed E-state index contributed by atoms with van der Waals surface area (Å²) in [5.74, 6) is -1.67. The molecule has 0 N–H and O–H groups in total. The van der Waals surface area contributed by atoms with Crippen LogP contribution >= 0.6 is 11.5 Å². The molecule has 3 heterocycles. The molecule has 2 aliphatic heterocycles. The van der Waals surface area contributed by atoms with Gasteiger partial charge in [0.2, 0.25) is 5.13 Å². The maximum absolute atomic E-state index is 13.6. The van der Waals surface area contributed by atoms with Crippen molar-refractivity contribution >= 4 is 16.7 Å². The molecule has 2 saturated heterocycles. The number of nitrogens with zero attached hydrogens (tertiary/aromatic N) is 3. The van der Waals surface area contributed by atoms with Crippen molar-refractivity contribution in [3.05, 3.63) is 5.82 Å². The Labute approximate surface area is 109 Å². The zero-order valence-electron chi connectivity index (χ0n) is 10.4. The second-order valence-electron chi connectivity index (χ2n) is 5.26. The Balaban J connectivity index is 1.87. The molecule has 2 atom stereocenters. The largest absolute Gasteiger partial charge is 0.340 e. The minimum Gasteiger partial charge on any atom is -0.340 e. The molecule has 2 bridgehead atoms. The van der Waals surface area contributed by atoms with Crippen molar-refractivity contribution in [2.45, 2.75) is 63.5 Å². The first-order chi connectivity index (χ1) is 8.59. The Bertz CT molecular complexity index is 419. The molecule has 0 radical (unpaired) electrons. The third-order valence-corrected chi connectivity index (χ3v) is 4.69. The minimum atomic E-state index is -2.50. The van der Waals surface area contributed by atoms with E-state index in [1.165, 1.54) is 11.5 Å². The Hall–Kier alpha value is -0.780. The molecule has 2 aliphatic rings. The molecule has 0 aromatic carbocycles. The SMILES string of the molecule is CCc1nsc(N2C3CCCC2CC(F)(F)C3)n1. The number of aryl methyl sites for hydroxylation is 1. The van der Waals surface area contributed by atoms with Crippen LogP contribution in [0.3, 0.4) is 0 Å². The van der Waals surface area contributed by atoms with Gasteiger partial charge < -0.3 is 4.90 Å². The molecule has 3 nitrogen and oxygen atoms in total. The number of hydrogen-bond donors (Lipinski definition) is 0. The number of anilines is 1. The van der Waals surface area contributed by atoms with Gasteiger partial charge in [-0.05, 0) is 19.3 Å². The maximum Gasteiger partial charge on any atom is 0.252 e. The minimum absolute atomic E-state index is 0.0233. The molecular weight excluding hydrogens is 256 g/mol. The summed E-state index contributed by atoms with van der Waals surface area (Å²) in [6, 6.07) is -0.102. The second-order valence-corrected chi connectivity index (χ2v) is 5.99. The van der Waals surface area contributed by atoms with Gasteiger partial charge >= 0.3 is 0 Å². The fraction of sp³-hybridized carbons (Fsp3) is 0.833. The molecule has 0 spiro atoms. The van der Waals surface area contributed by atoms with Gasteiger partial charge in [-0.1, -0.05) is 6.92 Å². The van der Waals surface area contributed by atoms with E-state index in [0.717, 1.165) is 36.6 Å². The number of alkyl halides is 2. The average molecular weight is 273 g/mol. The molecule has 100 valence electrons. The zero-order valence-corrected chi connectivity index (χ0v) is 11.2. The highest BCUT2D eigenvalue weighted by atomic mass is 32.1. The first-order valence-electron chi connectivity index (χ1n) is 6.58. The quantitative estimate of drug-likeness (QED) is 0.828. The van der Waals surface area contributed by atoms with Crippen LogP contribution in [-0.4, -0.2) is 27.4 Å². The Morgan fingerprint density at radius 3 is 2.56 bits per heavy atom. The van der Waals surface area contributed by atoms with E-state index in [4.69, 9.17) is 0 Å². The number of hydrogen-bond acceptors (Lipinski definition) is 4. The molecule has 2 fully saturated rings. The molecule has 1 aromatic rings. The number of aromatic nitrogens is 2. The summed E-state index contributed by atoms with van der Waals surface area (Å²) >= 11 is 1.36. The van der Waals surface area contributed by atoms with Crippen LogP contribution in [0.1, 0.15) is 44.9 Å². The van der Waals surface area contributed by atoms with Crippen LogP contribution in [-0.2, 0) is 6.42 Å². The van der Waals surface area contributed by atoms with E-state index < -0.39 is 5.92 Å². The fourth-order valence-electron chi connectivity index (χ4n) is 3.14. The van der Waals surface area contributed by atoms with E-state index in [0.29, 0.717) is 0 Å². The summed E-state index contributed by atoms with van der Waals surface area (Å²) in [6.07, 6.45) is 3.52. The summed E-state index contributed by atoms with van der Waals surface area (Å²) in [5, 5.41) is 0.844. The van der Waals surface area contributed by atoms with Crippen molar-refractivity contribution in [3.8, 4) is 0 Å². The first-order valence-corrected chi connectivity index (χ1v) is 7.35. The fourth-order valence-corrected chi connectivity index (χ4v) is 4.04. The van der Waals surface area contributed by atoms with Crippen LogP contribution in [0, 0.1) is 0 Å². The zero-order chi connectivity index (χ0) is 12.8. The summed E-state index contributed by atoms with van der Waals surface area (Å²) in [6.45, 7) is 2.01. The molecule has 0 saturated carbocycles. The lowest BCUT2D eigenvalue weighted by atomic mass is 9.83. The highest BCUT2D eigenvalue weighted by Gasteiger charge is 2.48. The third kappa shape index (κ3) is 2.11. The van der Waals surface area contributed by atoms with E-state index >= 15 is 0 Å². The monoisotopic (exact) mass is 273 g/mol. The third-order valence-electron chi connectivity index (χ3n) is 3.92. The van der Waals surface area contributed by atoms with E-state index in [-0.39, 0.29) is 24.9 Å². The predicted molar refractivity (Wildman–Crippen MR) is 67.4 cm³/mol. The number of piperidine rings is 2. The van der Waals surface area contributed by atoms with Crippen LogP contribution in [0.25, 0.3) is 0 Å². The molecule has 0 amide bonds. The van der Waals surface area contributed by atoms with Gasteiger partial charge in [-0.3, -0.25) is 0 Å². The number of rotatable bonds is 2. The summed E-state index contributed by atoms with van der Waals surface area (Å²) < 4.78 is 31.5. The van der Waals surface area contributed by atoms with E-state index in [9.17, 15) is 8.78 Å². The van der Waals surface area contributed by atoms with E-state index in [1.807, 2.05) is 6.92 Å². The second kappa shape index (κ2) is 4.40. The van der Waals surface area contributed by atoms with Crippen LogP contribution in [0.2, 0.25) is 0 Å². The van der Waals surface area contributed by atoms with Crippen molar-refractivity contribution in [2.75, 3.05) is 4.90 Å². The van der Waals surface area contributed by atoms with Gasteiger partial charge in [0.1, 0.15) is 5.82 Å². The molecule has 2 unspecified atom stereocenters. The van der Waals surface area contributed by atoms with Crippen molar-refractivity contribution in [1.82, 2.24) is 9.36 Å². The smallest absolute Gasteiger partial charge is 0.252 e. The van der Waals surface area contributed by atoms with Crippen molar-refractivity contribution in [1.29, 1.82) is 0 Å². The standard InChI is InChI=1S/C12H17F2N3S/c1-2-10-15-11(18-16-10)17-8-4-3-5-9(17)7-12(13,14)6-8/h8-9H,2-7H2,1H3. The summed E-state index contributed by atoms with van der Waals surface area (Å²) in [5.41, 5.74) is 0. The van der Waals surface area contributed by atoms with E-state index in [2.05, 4.69) is 14.3 Å². The van der Waals surface area contributed by atoms with Crippen molar-refractivity contribution in [2.24, 2.45) is 0 Å². The highest BCUT2D eigenvalue weighted by Crippen LogP contribution is 2.44. The van der Waals surface area contributed by atoms with Crippen LogP contribution in [0.5, 0.6) is 0 Å². The van der Waals surface area contributed by atoms with Crippen molar-refractivity contribution < 1.29 is 8.78 Å². The highest BCUT2D eigenvalue weighted by molar-refractivity contribution is 7.09. The number of halogens is 2. The predicted octanol–water partition coefficient (Wildman–Crippen LogP) is 3.26. The molecule has 0 aliphatic carbocycles. The van der Waals surface area contributed by atoms with Crippen LogP contribution in [0.15, 0.2) is 0 Å². The van der Waals surface area contributed by atoms with Gasteiger partial charge in [0, 0.05) is 42.9 Å². The Morgan fingerprint density at radius 1 is 1.33 bits per heavy atom. The molecule has 1 aromatic heterocycles. The van der Waals surface area contributed by atoms with Gasteiger partial charge in [-0.25, -0.2) is 13.8 Å². The Morgan fingerprint density at radius 2 is 2.00 bits per heavy atom. The Kier molecular flexibility index (Phi) is 3.00. The van der Waals surface area contributed by atoms with Crippen molar-refractivity contribution in [3.63, 3.8) is 0 Å².